The summed E-state index contributed by atoms with van der Waals surface area (Å²) in [6.07, 6.45) is 29.6. The molecule has 0 aliphatic carbocycles. The van der Waals surface area contributed by atoms with Crippen molar-refractivity contribution in [3.8, 4) is 0 Å². The van der Waals surface area contributed by atoms with Gasteiger partial charge in [-0.05, 0) is 38.5 Å². The molecule has 0 unspecified atom stereocenters. The lowest BCUT2D eigenvalue weighted by Crippen LogP contribution is -2.12. The van der Waals surface area contributed by atoms with Gasteiger partial charge in [0.1, 0.15) is 0 Å². The molecule has 0 rings (SSSR count). The minimum atomic E-state index is -0.663. The van der Waals surface area contributed by atoms with Crippen molar-refractivity contribution in [1.82, 2.24) is 0 Å². The van der Waals surface area contributed by atoms with E-state index in [1.165, 1.54) is 96.3 Å². The molecule has 0 aliphatic rings. The Hall–Kier alpha value is -0.100. The van der Waals surface area contributed by atoms with Crippen molar-refractivity contribution in [3.63, 3.8) is 0 Å². The van der Waals surface area contributed by atoms with Crippen LogP contribution in [0.25, 0.3) is 0 Å². The first-order chi connectivity index (χ1) is 15.0. The van der Waals surface area contributed by atoms with Gasteiger partial charge in [-0.15, -0.1) is 0 Å². The largest absolute Gasteiger partial charge is 0.481 e. The number of hydrogen-bond acceptors (Lipinski definition) is 1. The van der Waals surface area contributed by atoms with Crippen molar-refractivity contribution >= 4 is 13.2 Å². The number of rotatable bonds is 22. The van der Waals surface area contributed by atoms with Gasteiger partial charge in [-0.1, -0.05) is 105 Å². The second kappa shape index (κ2) is 26.2. The zero-order valence-electron chi connectivity index (χ0n) is 22.4. The van der Waals surface area contributed by atoms with Crippen molar-refractivity contribution in [2.45, 2.75) is 150 Å². The maximum Gasteiger partial charge on any atom is 0.303 e. The lowest BCUT2D eigenvalue weighted by atomic mass is 10.1. The smallest absolute Gasteiger partial charge is 0.303 e. The monoisotopic (exact) mass is 459 g/mol. The molecule has 0 amide bonds. The summed E-state index contributed by atoms with van der Waals surface area (Å²) in [5.41, 5.74) is 0. The van der Waals surface area contributed by atoms with Gasteiger partial charge in [0.2, 0.25) is 0 Å². The van der Waals surface area contributed by atoms with Crippen LogP contribution in [0.4, 0.5) is 0 Å². The van der Waals surface area contributed by atoms with Gasteiger partial charge in [-0.2, -0.15) is 0 Å². The van der Waals surface area contributed by atoms with Crippen molar-refractivity contribution in [1.29, 1.82) is 0 Å². The topological polar surface area (TPSA) is 37.3 Å². The summed E-state index contributed by atoms with van der Waals surface area (Å²) in [5.74, 6) is -0.663. The second-order valence-corrected chi connectivity index (χ2v) is 14.1. The van der Waals surface area contributed by atoms with Crippen LogP contribution in [0, 0.1) is 0 Å². The molecule has 0 heterocycles. The molecule has 0 bridgehead atoms. The molecule has 188 valence electrons. The second-order valence-electron chi connectivity index (χ2n) is 9.62. The highest BCUT2D eigenvalue weighted by Crippen LogP contribution is 2.61. The predicted molar refractivity (Wildman–Crippen MR) is 145 cm³/mol. The summed E-state index contributed by atoms with van der Waals surface area (Å²) in [5, 5.41) is 8.35. The van der Waals surface area contributed by atoms with Gasteiger partial charge in [0.25, 0.3) is 0 Å². The minimum Gasteiger partial charge on any atom is -0.481 e. The fourth-order valence-corrected chi connectivity index (χ4v) is 9.46. The fourth-order valence-electron chi connectivity index (χ4n) is 4.26. The van der Waals surface area contributed by atoms with E-state index in [1.807, 2.05) is 0 Å². The number of carboxylic acids is 1. The van der Waals surface area contributed by atoms with Crippen molar-refractivity contribution < 1.29 is 9.90 Å². The average Bonchev–Trinajstić information content (AvgIpc) is 2.77. The minimum absolute atomic E-state index is 0.341. The van der Waals surface area contributed by atoms with Gasteiger partial charge in [-0.25, -0.2) is 0 Å². The first-order valence-corrected chi connectivity index (χ1v) is 16.6. The Labute approximate surface area is 198 Å². The van der Waals surface area contributed by atoms with E-state index in [-0.39, 0.29) is 0 Å². The fraction of sp³-hybridized carbons (Fsp3) is 0.964. The Balaban J connectivity index is 0. The highest BCUT2D eigenvalue weighted by Gasteiger charge is 2.34. The highest BCUT2D eigenvalue weighted by atomic mass is 31.2. The Morgan fingerprint density at radius 1 is 0.484 bits per heavy atom. The summed E-state index contributed by atoms with van der Waals surface area (Å²) in [4.78, 5) is 10.1. The van der Waals surface area contributed by atoms with Crippen LogP contribution in [0.3, 0.4) is 0 Å². The third kappa shape index (κ3) is 24.4. The van der Waals surface area contributed by atoms with E-state index in [4.69, 9.17) is 5.11 Å². The normalized spacial score (nSPS) is 11.3. The molecule has 0 radical (unpaired) electrons. The maximum absolute atomic E-state index is 10.1. The quantitative estimate of drug-likeness (QED) is 0.129. The Morgan fingerprint density at radius 2 is 0.806 bits per heavy atom. The molecule has 0 aromatic rings. The highest BCUT2D eigenvalue weighted by molar-refractivity contribution is 7.75. The first-order valence-electron chi connectivity index (χ1n) is 14.1. The van der Waals surface area contributed by atoms with Gasteiger partial charge in [0.15, 0.2) is 0 Å². The van der Waals surface area contributed by atoms with Gasteiger partial charge >= 0.3 is 5.97 Å². The molecule has 0 saturated heterocycles. The molecule has 2 nitrogen and oxygen atoms in total. The summed E-state index contributed by atoms with van der Waals surface area (Å²) in [6, 6.07) is 0. The lowest BCUT2D eigenvalue weighted by Gasteiger charge is -2.28. The van der Waals surface area contributed by atoms with Gasteiger partial charge in [0, 0.05) is 13.7 Å². The van der Waals surface area contributed by atoms with Crippen LogP contribution in [-0.4, -0.2) is 35.7 Å². The van der Waals surface area contributed by atoms with Crippen LogP contribution >= 0.6 is 7.26 Å². The van der Waals surface area contributed by atoms with Crippen LogP contribution < -0.4 is 0 Å². The summed E-state index contributed by atoms with van der Waals surface area (Å²) >= 11 is 0. The molecule has 0 saturated carbocycles. The van der Waals surface area contributed by atoms with Crippen molar-refractivity contribution in [2.75, 3.05) is 24.6 Å². The third-order valence-electron chi connectivity index (χ3n) is 6.44. The van der Waals surface area contributed by atoms with E-state index < -0.39 is 13.2 Å². The number of carbonyl (C=O) groups is 1. The number of unbranched alkanes of at least 4 members (excludes halogenated alkanes) is 12. The molecule has 0 aromatic carbocycles. The van der Waals surface area contributed by atoms with Crippen LogP contribution in [-0.2, 0) is 4.79 Å². The SMILES string of the molecule is CCCCCCCCCC(=O)O.CCCCCC[P+](CCCC)(CCCC)CCCC. The Morgan fingerprint density at radius 3 is 1.19 bits per heavy atom. The molecule has 0 spiro atoms. The van der Waals surface area contributed by atoms with Crippen molar-refractivity contribution in [3.05, 3.63) is 0 Å². The third-order valence-corrected chi connectivity index (χ3v) is 11.5. The zero-order chi connectivity index (χ0) is 23.6. The standard InChI is InChI=1S/C18H40P.C10H20O2/c1-5-9-13-14-18-19(15-10-6-2,16-11-7-3)17-12-8-4;1-2-3-4-5-6-7-8-9-10(11)12/h5-18H2,1-4H3;2-9H2,1H3,(H,11,12)/q+1;. The molecule has 0 aliphatic heterocycles. The van der Waals surface area contributed by atoms with E-state index in [2.05, 4.69) is 34.6 Å². The number of carboxylic acid groups (broad SMARTS) is 1. The van der Waals surface area contributed by atoms with Crippen LogP contribution in [0.15, 0.2) is 0 Å². The maximum atomic E-state index is 10.1. The zero-order valence-corrected chi connectivity index (χ0v) is 23.3. The molecular weight excluding hydrogens is 399 g/mol. The Kier molecular flexibility index (Phi) is 27.9. The summed E-state index contributed by atoms with van der Waals surface area (Å²) in [7, 11) is -0.586. The molecule has 0 aromatic heterocycles. The Bertz CT molecular complexity index is 335. The lowest BCUT2D eigenvalue weighted by molar-refractivity contribution is -0.137. The number of aliphatic carboxylic acids is 1. The van der Waals surface area contributed by atoms with Crippen LogP contribution in [0.5, 0.6) is 0 Å². The van der Waals surface area contributed by atoms with Crippen LogP contribution in [0.1, 0.15) is 150 Å². The number of hydrogen-bond donors (Lipinski definition) is 1. The van der Waals surface area contributed by atoms with Crippen molar-refractivity contribution in [2.24, 2.45) is 0 Å². The van der Waals surface area contributed by atoms with Crippen LogP contribution in [0.2, 0.25) is 0 Å². The van der Waals surface area contributed by atoms with E-state index in [0.717, 1.165) is 12.8 Å². The first kappa shape index (κ1) is 33.1. The van der Waals surface area contributed by atoms with Gasteiger partial charge < -0.3 is 5.11 Å². The average molecular weight is 460 g/mol. The predicted octanol–water partition coefficient (Wildman–Crippen LogP) is 10.2. The van der Waals surface area contributed by atoms with E-state index in [0.29, 0.717) is 6.42 Å². The van der Waals surface area contributed by atoms with E-state index in [9.17, 15) is 4.79 Å². The molecule has 3 heteroatoms. The van der Waals surface area contributed by atoms with E-state index >= 15 is 0 Å². The summed E-state index contributed by atoms with van der Waals surface area (Å²) < 4.78 is 0. The molecule has 0 fully saturated rings. The van der Waals surface area contributed by atoms with Gasteiger partial charge in [0.05, 0.1) is 24.6 Å². The van der Waals surface area contributed by atoms with E-state index in [1.54, 1.807) is 24.6 Å². The van der Waals surface area contributed by atoms with Gasteiger partial charge in [-0.3, -0.25) is 4.79 Å². The molecule has 0 atom stereocenters. The molecule has 31 heavy (non-hydrogen) atoms. The molecule has 1 N–H and O–H groups in total. The molecular formula is C28H60O2P+. The summed E-state index contributed by atoms with van der Waals surface area (Å²) in [6.45, 7) is 11.6.